The molecule has 8 heteroatoms. The highest BCUT2D eigenvalue weighted by molar-refractivity contribution is 6.08. The maximum Gasteiger partial charge on any atom is 0.263 e. The van der Waals surface area contributed by atoms with Gasteiger partial charge in [-0.3, -0.25) is 14.5 Å². The minimum atomic E-state index is -0.582. The highest BCUT2D eigenvalue weighted by atomic mass is 19.1. The second-order valence-electron chi connectivity index (χ2n) is 10.5. The quantitative estimate of drug-likeness (QED) is 0.490. The van der Waals surface area contributed by atoms with Gasteiger partial charge in [0.1, 0.15) is 11.4 Å². The van der Waals surface area contributed by atoms with Gasteiger partial charge in [-0.2, -0.15) is 0 Å². The van der Waals surface area contributed by atoms with Crippen LogP contribution in [-0.2, 0) is 6.54 Å². The largest absolute Gasteiger partial charge is 0.397 e. The number of carbonyl (C=O) groups is 1. The maximum atomic E-state index is 15.1. The molecule has 190 valence electrons. The summed E-state index contributed by atoms with van der Waals surface area (Å²) in [4.78, 5) is 33.0. The molecule has 3 aromatic rings. The number of halogens is 1. The number of nitrogens with one attached hydrogen (secondary N) is 2. The van der Waals surface area contributed by atoms with E-state index in [4.69, 9.17) is 5.73 Å². The number of carbonyl (C=O) groups excluding carboxylic acids is 1. The van der Waals surface area contributed by atoms with Crippen molar-refractivity contribution < 1.29 is 9.18 Å². The van der Waals surface area contributed by atoms with E-state index in [2.05, 4.69) is 27.1 Å². The summed E-state index contributed by atoms with van der Waals surface area (Å²) in [5, 5.41) is 3.22. The molecule has 0 aliphatic carbocycles. The Bertz CT molecular complexity index is 1350. The molecule has 2 aliphatic heterocycles. The summed E-state index contributed by atoms with van der Waals surface area (Å²) in [5.74, 6) is -0.876. The van der Waals surface area contributed by atoms with Crippen LogP contribution in [0.3, 0.4) is 0 Å². The molecule has 2 fully saturated rings. The van der Waals surface area contributed by atoms with E-state index in [1.165, 1.54) is 32.0 Å². The molecular weight excluding hydrogens is 457 g/mol. The van der Waals surface area contributed by atoms with Crippen LogP contribution >= 0.6 is 0 Å². The lowest BCUT2D eigenvalue weighted by molar-refractivity contribution is -0.0329. The van der Waals surface area contributed by atoms with Crippen molar-refractivity contribution in [3.63, 3.8) is 0 Å². The van der Waals surface area contributed by atoms with E-state index in [1.54, 1.807) is 18.2 Å². The summed E-state index contributed by atoms with van der Waals surface area (Å²) in [6.45, 7) is 7.59. The third-order valence-electron chi connectivity index (χ3n) is 7.71. The molecule has 1 aromatic heterocycles. The number of hydrogen-bond donors (Lipinski definition) is 3. The van der Waals surface area contributed by atoms with Gasteiger partial charge in [0.25, 0.3) is 11.5 Å². The van der Waals surface area contributed by atoms with E-state index in [0.717, 1.165) is 31.6 Å². The molecule has 1 amide bonds. The summed E-state index contributed by atoms with van der Waals surface area (Å²) in [6.07, 6.45) is 3.14. The zero-order chi connectivity index (χ0) is 25.4. The Morgan fingerprint density at radius 2 is 1.92 bits per heavy atom. The van der Waals surface area contributed by atoms with Gasteiger partial charge in [-0.1, -0.05) is 31.2 Å². The SMILES string of the molecule is CCCNC(=O)c1c(N)c2cccc(-c3cc(CN4CCC5(CC4)CN(C)C5)ccc3F)c2[nH]c1=O. The van der Waals surface area contributed by atoms with Crippen LogP contribution in [0.5, 0.6) is 0 Å². The van der Waals surface area contributed by atoms with Crippen LogP contribution in [0.15, 0.2) is 41.2 Å². The number of likely N-dealkylation sites (tertiary alicyclic amines) is 2. The summed E-state index contributed by atoms with van der Waals surface area (Å²) in [6, 6.07) is 10.5. The Morgan fingerprint density at radius 3 is 2.61 bits per heavy atom. The number of nitrogen functional groups attached to an aromatic ring is 1. The van der Waals surface area contributed by atoms with Gasteiger partial charge in [0.15, 0.2) is 0 Å². The Kier molecular flexibility index (Phi) is 6.57. The third kappa shape index (κ3) is 4.51. The van der Waals surface area contributed by atoms with Gasteiger partial charge in [-0.05, 0) is 62.5 Å². The van der Waals surface area contributed by atoms with Gasteiger partial charge in [0, 0.05) is 42.7 Å². The lowest BCUT2D eigenvalue weighted by atomic mass is 9.72. The lowest BCUT2D eigenvalue weighted by Crippen LogP contribution is -2.58. The van der Waals surface area contributed by atoms with Gasteiger partial charge >= 0.3 is 0 Å². The number of benzene rings is 2. The smallest absolute Gasteiger partial charge is 0.263 e. The highest BCUT2D eigenvalue weighted by Crippen LogP contribution is 2.40. The van der Waals surface area contributed by atoms with E-state index in [1.807, 2.05) is 19.1 Å². The second-order valence-corrected chi connectivity index (χ2v) is 10.5. The predicted octanol–water partition coefficient (Wildman–Crippen LogP) is 3.58. The first-order valence-corrected chi connectivity index (χ1v) is 12.7. The van der Waals surface area contributed by atoms with Gasteiger partial charge in [-0.15, -0.1) is 0 Å². The van der Waals surface area contributed by atoms with Crippen LogP contribution in [0.4, 0.5) is 10.1 Å². The minimum Gasteiger partial charge on any atom is -0.397 e. The molecule has 5 rings (SSSR count). The van der Waals surface area contributed by atoms with Crippen LogP contribution in [0.2, 0.25) is 0 Å². The first-order valence-electron chi connectivity index (χ1n) is 12.7. The van der Waals surface area contributed by atoms with Gasteiger partial charge in [0.2, 0.25) is 0 Å². The van der Waals surface area contributed by atoms with Crippen molar-refractivity contribution in [2.45, 2.75) is 32.7 Å². The first-order chi connectivity index (χ1) is 17.3. The summed E-state index contributed by atoms with van der Waals surface area (Å²) >= 11 is 0. The van der Waals surface area contributed by atoms with Crippen molar-refractivity contribution in [1.29, 1.82) is 0 Å². The van der Waals surface area contributed by atoms with Crippen molar-refractivity contribution in [3.8, 4) is 11.1 Å². The fraction of sp³-hybridized carbons (Fsp3) is 0.429. The predicted molar refractivity (Wildman–Crippen MR) is 141 cm³/mol. The van der Waals surface area contributed by atoms with E-state index >= 15 is 4.39 Å². The summed E-state index contributed by atoms with van der Waals surface area (Å²) in [7, 11) is 2.17. The minimum absolute atomic E-state index is 0.102. The molecule has 36 heavy (non-hydrogen) atoms. The zero-order valence-electron chi connectivity index (χ0n) is 21.0. The standard InChI is InChI=1S/C28H34FN5O2/c1-3-11-31-26(35)23-24(30)20-6-4-5-19(25(20)32-27(23)36)21-14-18(7-8-22(21)29)15-34-12-9-28(10-13-34)16-33(2)17-28/h4-8,14H,3,9-13,15-17H2,1-2H3,(H,31,35)(H3,30,32,36). The number of amides is 1. The number of hydrogen-bond acceptors (Lipinski definition) is 5. The molecule has 0 radical (unpaired) electrons. The number of rotatable bonds is 6. The van der Waals surface area contributed by atoms with Crippen molar-refractivity contribution in [2.24, 2.45) is 5.41 Å². The van der Waals surface area contributed by atoms with Crippen LogP contribution in [0.1, 0.15) is 42.1 Å². The van der Waals surface area contributed by atoms with E-state index in [-0.39, 0.29) is 17.1 Å². The third-order valence-corrected chi connectivity index (χ3v) is 7.71. The Balaban J connectivity index is 1.44. The van der Waals surface area contributed by atoms with Gasteiger partial charge in [-0.25, -0.2) is 4.39 Å². The van der Waals surface area contributed by atoms with Crippen LogP contribution < -0.4 is 16.6 Å². The molecule has 2 saturated heterocycles. The summed E-state index contributed by atoms with van der Waals surface area (Å²) < 4.78 is 15.1. The molecule has 4 N–H and O–H groups in total. The number of para-hydroxylation sites is 1. The molecule has 1 spiro atoms. The van der Waals surface area contributed by atoms with E-state index in [9.17, 15) is 9.59 Å². The van der Waals surface area contributed by atoms with Gasteiger partial charge < -0.3 is 20.9 Å². The van der Waals surface area contributed by atoms with Crippen molar-refractivity contribution in [3.05, 3.63) is 63.7 Å². The van der Waals surface area contributed by atoms with Crippen LogP contribution in [-0.4, -0.2) is 60.5 Å². The number of nitrogens with zero attached hydrogens (tertiary/aromatic N) is 2. The average molecular weight is 492 g/mol. The normalized spacial score (nSPS) is 17.9. The number of piperidine rings is 1. The summed E-state index contributed by atoms with van der Waals surface area (Å²) in [5.41, 5.74) is 8.60. The maximum absolute atomic E-state index is 15.1. The number of aromatic nitrogens is 1. The van der Waals surface area contributed by atoms with Crippen LogP contribution in [0.25, 0.3) is 22.0 Å². The Morgan fingerprint density at radius 1 is 1.17 bits per heavy atom. The van der Waals surface area contributed by atoms with Crippen LogP contribution in [0, 0.1) is 11.2 Å². The number of H-pyrrole nitrogens is 1. The van der Waals surface area contributed by atoms with Crippen molar-refractivity contribution >= 4 is 22.5 Å². The number of pyridine rings is 1. The molecule has 0 atom stereocenters. The number of aromatic amines is 1. The average Bonchev–Trinajstić information content (AvgIpc) is 2.84. The van der Waals surface area contributed by atoms with Gasteiger partial charge in [0.05, 0.1) is 11.2 Å². The zero-order valence-corrected chi connectivity index (χ0v) is 21.0. The Hall–Kier alpha value is -3.23. The highest BCUT2D eigenvalue weighted by Gasteiger charge is 2.42. The number of fused-ring (bicyclic) bond motifs is 1. The number of anilines is 1. The fourth-order valence-corrected chi connectivity index (χ4v) is 5.86. The molecule has 7 nitrogen and oxygen atoms in total. The lowest BCUT2D eigenvalue weighted by Gasteiger charge is -2.53. The monoisotopic (exact) mass is 491 g/mol. The van der Waals surface area contributed by atoms with Crippen molar-refractivity contribution in [1.82, 2.24) is 20.1 Å². The molecular formula is C28H34FN5O2. The topological polar surface area (TPSA) is 94.5 Å². The van der Waals surface area contributed by atoms with Crippen molar-refractivity contribution in [2.75, 3.05) is 45.5 Å². The van der Waals surface area contributed by atoms with E-state index < -0.39 is 11.5 Å². The molecule has 0 bridgehead atoms. The van der Waals surface area contributed by atoms with E-state index in [0.29, 0.717) is 34.0 Å². The first kappa shape index (κ1) is 24.5. The molecule has 2 aliphatic rings. The second kappa shape index (κ2) is 9.67. The molecule has 3 heterocycles. The fourth-order valence-electron chi connectivity index (χ4n) is 5.86. The molecule has 0 unspecified atom stereocenters. The number of nitrogens with two attached hydrogens (primary N) is 1. The molecule has 2 aromatic carbocycles. The molecule has 0 saturated carbocycles. The Labute approximate surface area is 210 Å².